The van der Waals surface area contributed by atoms with Gasteiger partial charge in [0, 0.05) is 17.5 Å². The van der Waals surface area contributed by atoms with Crippen LogP contribution in [0.2, 0.25) is 0 Å². The van der Waals surface area contributed by atoms with Crippen molar-refractivity contribution in [2.24, 2.45) is 5.16 Å². The molecule has 1 heterocycles. The second-order valence-corrected chi connectivity index (χ2v) is 4.71. The molecule has 1 aromatic rings. The molecule has 0 saturated heterocycles. The van der Waals surface area contributed by atoms with Crippen molar-refractivity contribution in [1.82, 2.24) is 4.98 Å². The number of pyridine rings is 1. The van der Waals surface area contributed by atoms with E-state index in [9.17, 15) is 4.21 Å². The largest absolute Gasteiger partial charge is 0.410 e. The van der Waals surface area contributed by atoms with Gasteiger partial charge < -0.3 is 5.21 Å². The van der Waals surface area contributed by atoms with E-state index >= 15 is 0 Å². The molecule has 0 aliphatic carbocycles. The van der Waals surface area contributed by atoms with Gasteiger partial charge in [-0.15, -0.1) is 0 Å². The molecule has 0 bridgehead atoms. The summed E-state index contributed by atoms with van der Waals surface area (Å²) in [6.07, 6.45) is 1.42. The summed E-state index contributed by atoms with van der Waals surface area (Å²) in [5.41, 5.74) is 0.883. The molecule has 1 aromatic heterocycles. The van der Waals surface area contributed by atoms with Crippen LogP contribution in [0.1, 0.15) is 18.2 Å². The molecule has 0 aliphatic rings. The van der Waals surface area contributed by atoms with Crippen LogP contribution in [0.3, 0.4) is 0 Å². The number of nitrogens with zero attached hydrogens (tertiary/aromatic N) is 3. The van der Waals surface area contributed by atoms with Gasteiger partial charge in [0.05, 0.1) is 21.4 Å². The van der Waals surface area contributed by atoms with E-state index in [1.165, 1.54) is 6.20 Å². The Morgan fingerprint density at radius 1 is 1.75 bits per heavy atom. The minimum Gasteiger partial charge on any atom is -0.410 e. The van der Waals surface area contributed by atoms with E-state index in [4.69, 9.17) is 10.5 Å². The van der Waals surface area contributed by atoms with Crippen LogP contribution in [0.25, 0.3) is 0 Å². The zero-order chi connectivity index (χ0) is 12.1. The fourth-order valence-electron chi connectivity index (χ4n) is 1.17. The summed E-state index contributed by atoms with van der Waals surface area (Å²) >= 11 is 0. The molecule has 1 N–H and O–H groups in total. The molecule has 0 fully saturated rings. The Morgan fingerprint density at radius 3 is 2.94 bits per heavy atom. The highest BCUT2D eigenvalue weighted by Gasteiger charge is 2.11. The highest BCUT2D eigenvalue weighted by atomic mass is 32.2. The zero-order valence-electron chi connectivity index (χ0n) is 8.97. The highest BCUT2D eigenvalue weighted by Crippen LogP contribution is 2.13. The lowest BCUT2D eigenvalue weighted by molar-refractivity contribution is 0.320. The third kappa shape index (κ3) is 2.44. The van der Waals surface area contributed by atoms with E-state index < -0.39 is 10.8 Å². The van der Waals surface area contributed by atoms with Crippen molar-refractivity contribution in [3.63, 3.8) is 0 Å². The van der Waals surface area contributed by atoms with Crippen LogP contribution in [0.4, 0.5) is 0 Å². The monoisotopic (exact) mass is 237 g/mol. The fourth-order valence-corrected chi connectivity index (χ4v) is 2.12. The normalized spacial score (nSPS) is 13.2. The summed E-state index contributed by atoms with van der Waals surface area (Å²) in [7, 11) is -1.14. The fraction of sp³-hybridized carbons (Fsp3) is 0.300. The number of aryl methyl sites for hydroxylation is 1. The third-order valence-corrected chi connectivity index (χ3v) is 3.46. The molecule has 0 saturated carbocycles. The number of oxime groups is 1. The molecule has 0 amide bonds. The summed E-state index contributed by atoms with van der Waals surface area (Å²) in [5.74, 6) is 0.476. The standard InChI is InChI=1S/C10H11N3O2S/c1-3-16(15)10-4-8(6-12-7(10)2)9(5-11)13-14/h4,6,14H,3H2,1-2H3/b13-9+. The van der Waals surface area contributed by atoms with Crippen molar-refractivity contribution in [3.05, 3.63) is 23.5 Å². The molecule has 0 aliphatic heterocycles. The zero-order valence-corrected chi connectivity index (χ0v) is 9.78. The van der Waals surface area contributed by atoms with Crippen LogP contribution >= 0.6 is 0 Å². The minimum atomic E-state index is -1.14. The first-order chi connectivity index (χ1) is 7.63. The summed E-state index contributed by atoms with van der Waals surface area (Å²) in [6.45, 7) is 3.54. The van der Waals surface area contributed by atoms with Gasteiger partial charge >= 0.3 is 0 Å². The molecule has 1 unspecified atom stereocenters. The summed E-state index contributed by atoms with van der Waals surface area (Å²) in [4.78, 5) is 4.59. The first kappa shape index (κ1) is 12.3. The average Bonchev–Trinajstić information content (AvgIpc) is 2.31. The van der Waals surface area contributed by atoms with E-state index in [2.05, 4.69) is 10.1 Å². The van der Waals surface area contributed by atoms with Gasteiger partial charge in [-0.3, -0.25) is 9.19 Å². The highest BCUT2D eigenvalue weighted by molar-refractivity contribution is 7.85. The molecule has 0 radical (unpaired) electrons. The molecule has 0 aromatic carbocycles. The van der Waals surface area contributed by atoms with Gasteiger partial charge in [-0.2, -0.15) is 5.26 Å². The van der Waals surface area contributed by atoms with Crippen molar-refractivity contribution in [2.45, 2.75) is 18.7 Å². The molecule has 5 nitrogen and oxygen atoms in total. The lowest BCUT2D eigenvalue weighted by Gasteiger charge is -2.04. The Kier molecular flexibility index (Phi) is 4.14. The van der Waals surface area contributed by atoms with Gasteiger partial charge in [-0.05, 0) is 13.0 Å². The van der Waals surface area contributed by atoms with Crippen molar-refractivity contribution >= 4 is 16.5 Å². The number of rotatable bonds is 3. The summed E-state index contributed by atoms with van der Waals surface area (Å²) in [6, 6.07) is 3.30. The van der Waals surface area contributed by atoms with Gasteiger partial charge in [-0.1, -0.05) is 12.1 Å². The second-order valence-electron chi connectivity index (χ2n) is 3.00. The Balaban J connectivity index is 3.29. The van der Waals surface area contributed by atoms with Crippen molar-refractivity contribution in [2.75, 3.05) is 5.75 Å². The van der Waals surface area contributed by atoms with E-state index in [1.807, 2.05) is 0 Å². The van der Waals surface area contributed by atoms with Crippen LogP contribution in [0.5, 0.6) is 0 Å². The van der Waals surface area contributed by atoms with Crippen molar-refractivity contribution in [1.29, 1.82) is 5.26 Å². The van der Waals surface area contributed by atoms with Gasteiger partial charge in [0.15, 0.2) is 5.71 Å². The molecule has 0 spiro atoms. The summed E-state index contributed by atoms with van der Waals surface area (Å²) in [5, 5.41) is 20.1. The van der Waals surface area contributed by atoms with Crippen molar-refractivity contribution < 1.29 is 9.42 Å². The predicted molar refractivity (Wildman–Crippen MR) is 59.9 cm³/mol. The minimum absolute atomic E-state index is 0.137. The van der Waals surface area contributed by atoms with Gasteiger partial charge in [0.2, 0.25) is 0 Å². The number of hydrogen-bond donors (Lipinski definition) is 1. The quantitative estimate of drug-likeness (QED) is 0.486. The van der Waals surface area contributed by atoms with Crippen LogP contribution in [-0.2, 0) is 10.8 Å². The lowest BCUT2D eigenvalue weighted by atomic mass is 10.2. The molecular formula is C10H11N3O2S. The SMILES string of the molecule is CCS(=O)c1cc(/C(C#N)=N/O)cnc1C. The lowest BCUT2D eigenvalue weighted by Crippen LogP contribution is -2.04. The Hall–Kier alpha value is -1.74. The predicted octanol–water partition coefficient (Wildman–Crippen LogP) is 1.22. The molecule has 1 atom stereocenters. The Bertz CT molecular complexity index is 491. The van der Waals surface area contributed by atoms with Crippen LogP contribution in [0, 0.1) is 18.3 Å². The number of nitriles is 1. The van der Waals surface area contributed by atoms with E-state index in [0.717, 1.165) is 0 Å². The second kappa shape index (κ2) is 5.37. The average molecular weight is 237 g/mol. The molecule has 84 valence electrons. The Labute approximate surface area is 95.9 Å². The van der Waals surface area contributed by atoms with E-state index in [-0.39, 0.29) is 5.71 Å². The smallest absolute Gasteiger partial charge is 0.188 e. The maximum Gasteiger partial charge on any atom is 0.188 e. The topological polar surface area (TPSA) is 86.3 Å². The van der Waals surface area contributed by atoms with Crippen LogP contribution in [0.15, 0.2) is 22.3 Å². The Morgan fingerprint density at radius 2 is 2.44 bits per heavy atom. The number of aromatic nitrogens is 1. The molecular weight excluding hydrogens is 226 g/mol. The first-order valence-electron chi connectivity index (χ1n) is 4.61. The van der Waals surface area contributed by atoms with Gasteiger partial charge in [0.1, 0.15) is 6.07 Å². The van der Waals surface area contributed by atoms with Gasteiger partial charge in [-0.25, -0.2) is 0 Å². The third-order valence-electron chi connectivity index (χ3n) is 2.03. The van der Waals surface area contributed by atoms with Crippen molar-refractivity contribution in [3.8, 4) is 6.07 Å². The first-order valence-corrected chi connectivity index (χ1v) is 5.93. The molecule has 16 heavy (non-hydrogen) atoms. The maximum absolute atomic E-state index is 11.7. The van der Waals surface area contributed by atoms with Crippen LogP contribution < -0.4 is 0 Å². The van der Waals surface area contributed by atoms with E-state index in [0.29, 0.717) is 21.9 Å². The van der Waals surface area contributed by atoms with Gasteiger partial charge in [0.25, 0.3) is 0 Å². The summed E-state index contributed by atoms with van der Waals surface area (Å²) < 4.78 is 11.7. The maximum atomic E-state index is 11.7. The van der Waals surface area contributed by atoms with Crippen LogP contribution in [-0.4, -0.2) is 25.9 Å². The number of hydrogen-bond acceptors (Lipinski definition) is 5. The van der Waals surface area contributed by atoms with E-state index in [1.54, 1.807) is 26.0 Å². The molecule has 6 heteroatoms. The molecule has 1 rings (SSSR count).